The number of aromatic nitrogens is 2. The van der Waals surface area contributed by atoms with Gasteiger partial charge in [0.05, 0.1) is 5.69 Å². The van der Waals surface area contributed by atoms with Crippen LogP contribution in [0.25, 0.3) is 4.96 Å². The van der Waals surface area contributed by atoms with E-state index in [1.54, 1.807) is 18.4 Å². The monoisotopic (exact) mass is 273 g/mol. The summed E-state index contributed by atoms with van der Waals surface area (Å²) in [5.74, 6) is 0. The summed E-state index contributed by atoms with van der Waals surface area (Å²) in [7, 11) is 1.71. The van der Waals surface area contributed by atoms with E-state index in [1.165, 1.54) is 5.69 Å². The summed E-state index contributed by atoms with van der Waals surface area (Å²) in [5, 5.41) is 6.04. The number of fused-ring (bicyclic) bond motifs is 1. The number of rotatable bonds is 6. The molecule has 0 aromatic carbocycles. The van der Waals surface area contributed by atoms with E-state index in [-0.39, 0.29) is 0 Å². The number of methoxy groups -OCH3 is 1. The Hall–Kier alpha value is -0.620. The fourth-order valence-corrected chi connectivity index (χ4v) is 2.91. The first-order valence-corrected chi connectivity index (χ1v) is 6.80. The minimum atomic E-state index is 0.596. The lowest BCUT2D eigenvalue weighted by Crippen LogP contribution is -2.17. The molecule has 2 heterocycles. The lowest BCUT2D eigenvalue weighted by molar-refractivity contribution is 0.194. The van der Waals surface area contributed by atoms with E-state index in [9.17, 15) is 0 Å². The Labute approximate surface area is 110 Å². The average molecular weight is 274 g/mol. The third kappa shape index (κ3) is 2.80. The highest BCUT2D eigenvalue weighted by Crippen LogP contribution is 2.23. The van der Waals surface area contributed by atoms with Crippen molar-refractivity contribution in [2.45, 2.75) is 19.9 Å². The Balaban J connectivity index is 2.02. The van der Waals surface area contributed by atoms with Crippen molar-refractivity contribution in [2.24, 2.45) is 0 Å². The highest BCUT2D eigenvalue weighted by atomic mass is 35.5. The van der Waals surface area contributed by atoms with E-state index in [4.69, 9.17) is 16.3 Å². The Kier molecular flexibility index (Phi) is 4.39. The molecule has 1 N–H and O–H groups in total. The molecule has 0 aliphatic rings. The Morgan fingerprint density at radius 2 is 2.41 bits per heavy atom. The van der Waals surface area contributed by atoms with Crippen LogP contribution in [0.2, 0.25) is 5.15 Å². The maximum atomic E-state index is 6.13. The summed E-state index contributed by atoms with van der Waals surface area (Å²) in [4.78, 5) is 5.29. The summed E-state index contributed by atoms with van der Waals surface area (Å²) in [6, 6.07) is 0. The standard InChI is InChI=1S/C11H16ClN3OS/c1-8-7-17-11-14-10(12)9(15(8)11)6-13-4-3-5-16-2/h7,13H,3-6H2,1-2H3. The third-order valence-electron chi connectivity index (χ3n) is 2.58. The van der Waals surface area contributed by atoms with Crippen LogP contribution in [0.3, 0.4) is 0 Å². The maximum Gasteiger partial charge on any atom is 0.195 e. The second-order valence-corrected chi connectivity index (χ2v) is 5.06. The van der Waals surface area contributed by atoms with Crippen LogP contribution >= 0.6 is 22.9 Å². The molecule has 0 spiro atoms. The summed E-state index contributed by atoms with van der Waals surface area (Å²) in [6.07, 6.45) is 0.999. The molecule has 17 heavy (non-hydrogen) atoms. The van der Waals surface area contributed by atoms with Gasteiger partial charge in [-0.25, -0.2) is 4.98 Å². The zero-order chi connectivity index (χ0) is 12.3. The molecule has 4 nitrogen and oxygen atoms in total. The highest BCUT2D eigenvalue weighted by Gasteiger charge is 2.12. The Bertz CT molecular complexity index is 494. The van der Waals surface area contributed by atoms with Crippen molar-refractivity contribution in [2.75, 3.05) is 20.3 Å². The smallest absolute Gasteiger partial charge is 0.195 e. The molecular weight excluding hydrogens is 258 g/mol. The minimum absolute atomic E-state index is 0.596. The van der Waals surface area contributed by atoms with Crippen LogP contribution in [0, 0.1) is 6.92 Å². The molecule has 0 saturated carbocycles. The van der Waals surface area contributed by atoms with Crippen LogP contribution in [0.5, 0.6) is 0 Å². The van der Waals surface area contributed by atoms with Crippen LogP contribution in [0.1, 0.15) is 17.8 Å². The van der Waals surface area contributed by atoms with E-state index in [0.29, 0.717) is 5.15 Å². The second-order valence-electron chi connectivity index (χ2n) is 3.87. The van der Waals surface area contributed by atoms with Crippen LogP contribution in [-0.4, -0.2) is 29.6 Å². The van der Waals surface area contributed by atoms with Gasteiger partial charge in [-0.2, -0.15) is 0 Å². The number of nitrogens with one attached hydrogen (secondary N) is 1. The first-order valence-electron chi connectivity index (χ1n) is 5.54. The SMILES string of the molecule is COCCCNCc1c(Cl)nc2scc(C)n12. The average Bonchev–Trinajstić information content (AvgIpc) is 2.80. The number of ether oxygens (including phenoxy) is 1. The lowest BCUT2D eigenvalue weighted by atomic mass is 10.4. The summed E-state index contributed by atoms with van der Waals surface area (Å²) >= 11 is 7.75. The maximum absolute atomic E-state index is 6.13. The van der Waals surface area contributed by atoms with Crippen LogP contribution in [0.15, 0.2) is 5.38 Å². The molecule has 0 saturated heterocycles. The zero-order valence-corrected chi connectivity index (χ0v) is 11.6. The van der Waals surface area contributed by atoms with E-state index >= 15 is 0 Å². The van der Waals surface area contributed by atoms with Crippen molar-refractivity contribution in [3.63, 3.8) is 0 Å². The Morgan fingerprint density at radius 3 is 3.18 bits per heavy atom. The van der Waals surface area contributed by atoms with Gasteiger partial charge in [0.1, 0.15) is 0 Å². The number of aryl methyl sites for hydroxylation is 1. The van der Waals surface area contributed by atoms with Gasteiger partial charge in [-0.05, 0) is 19.9 Å². The zero-order valence-electron chi connectivity index (χ0n) is 9.99. The molecule has 0 unspecified atom stereocenters. The topological polar surface area (TPSA) is 38.6 Å². The summed E-state index contributed by atoms with van der Waals surface area (Å²) < 4.78 is 7.11. The quantitative estimate of drug-likeness (QED) is 0.822. The number of imidazole rings is 1. The molecule has 2 aromatic heterocycles. The molecule has 94 valence electrons. The number of thiazole rings is 1. The predicted molar refractivity (Wildman–Crippen MR) is 71.0 cm³/mol. The van der Waals surface area contributed by atoms with Gasteiger partial charge >= 0.3 is 0 Å². The minimum Gasteiger partial charge on any atom is -0.385 e. The van der Waals surface area contributed by atoms with Gasteiger partial charge in [0, 0.05) is 31.3 Å². The molecule has 0 aliphatic heterocycles. The number of hydrogen-bond acceptors (Lipinski definition) is 4. The molecule has 0 atom stereocenters. The number of halogens is 1. The number of nitrogens with zero attached hydrogens (tertiary/aromatic N) is 2. The van der Waals surface area contributed by atoms with Gasteiger partial charge in [-0.3, -0.25) is 4.40 Å². The van der Waals surface area contributed by atoms with Crippen molar-refractivity contribution in [1.29, 1.82) is 0 Å². The molecule has 0 amide bonds. The highest BCUT2D eigenvalue weighted by molar-refractivity contribution is 7.15. The van der Waals surface area contributed by atoms with Crippen molar-refractivity contribution in [3.8, 4) is 0 Å². The second kappa shape index (κ2) is 5.82. The van der Waals surface area contributed by atoms with Gasteiger partial charge in [0.15, 0.2) is 10.1 Å². The fraction of sp³-hybridized carbons (Fsp3) is 0.545. The molecule has 0 radical (unpaired) electrons. The molecule has 0 fully saturated rings. The molecule has 0 bridgehead atoms. The molecular formula is C11H16ClN3OS. The fourth-order valence-electron chi connectivity index (χ4n) is 1.74. The van der Waals surface area contributed by atoms with Crippen LogP contribution in [0.4, 0.5) is 0 Å². The summed E-state index contributed by atoms with van der Waals surface area (Å²) in [6.45, 7) is 4.50. The van der Waals surface area contributed by atoms with E-state index in [0.717, 1.165) is 36.8 Å². The van der Waals surface area contributed by atoms with Crippen molar-refractivity contribution in [1.82, 2.24) is 14.7 Å². The first kappa shape index (κ1) is 12.8. The van der Waals surface area contributed by atoms with Crippen LogP contribution in [-0.2, 0) is 11.3 Å². The van der Waals surface area contributed by atoms with Crippen molar-refractivity contribution in [3.05, 3.63) is 21.9 Å². The normalized spacial score (nSPS) is 11.5. The largest absolute Gasteiger partial charge is 0.385 e. The van der Waals surface area contributed by atoms with Gasteiger partial charge in [0.25, 0.3) is 0 Å². The predicted octanol–water partition coefficient (Wildman–Crippen LogP) is 2.48. The van der Waals surface area contributed by atoms with E-state index < -0.39 is 0 Å². The number of hydrogen-bond donors (Lipinski definition) is 1. The van der Waals surface area contributed by atoms with Crippen molar-refractivity contribution >= 4 is 27.9 Å². The molecule has 2 rings (SSSR count). The van der Waals surface area contributed by atoms with Gasteiger partial charge in [0.2, 0.25) is 0 Å². The van der Waals surface area contributed by atoms with Gasteiger partial charge < -0.3 is 10.1 Å². The van der Waals surface area contributed by atoms with Gasteiger partial charge in [-0.15, -0.1) is 11.3 Å². The molecule has 2 aromatic rings. The lowest BCUT2D eigenvalue weighted by Gasteiger charge is -2.05. The summed E-state index contributed by atoms with van der Waals surface area (Å²) in [5.41, 5.74) is 2.22. The first-order chi connectivity index (χ1) is 8.24. The Morgan fingerprint density at radius 1 is 1.59 bits per heavy atom. The third-order valence-corrected chi connectivity index (χ3v) is 3.82. The van der Waals surface area contributed by atoms with Crippen LogP contribution < -0.4 is 5.32 Å². The van der Waals surface area contributed by atoms with E-state index in [1.807, 2.05) is 0 Å². The van der Waals surface area contributed by atoms with Gasteiger partial charge in [-0.1, -0.05) is 11.6 Å². The molecule has 6 heteroatoms. The van der Waals surface area contributed by atoms with Crippen molar-refractivity contribution < 1.29 is 4.74 Å². The molecule has 0 aliphatic carbocycles. The van der Waals surface area contributed by atoms with E-state index in [2.05, 4.69) is 27.0 Å².